The molecule has 0 spiro atoms. The minimum absolute atomic E-state index is 0.0150. The van der Waals surface area contributed by atoms with E-state index < -0.39 is 0 Å². The minimum atomic E-state index is 0.0150. The molecule has 1 unspecified atom stereocenters. The van der Waals surface area contributed by atoms with Gasteiger partial charge in [-0.25, -0.2) is 9.97 Å². The summed E-state index contributed by atoms with van der Waals surface area (Å²) in [6.07, 6.45) is 7.52. The lowest BCUT2D eigenvalue weighted by molar-refractivity contribution is -0.153. The van der Waals surface area contributed by atoms with Gasteiger partial charge in [0.25, 0.3) is 11.8 Å². The Balaban J connectivity index is 1.74. The third kappa shape index (κ3) is 2.24. The van der Waals surface area contributed by atoms with Crippen LogP contribution in [0.25, 0.3) is 11.0 Å². The number of hydroxylamine groups is 2. The quantitative estimate of drug-likeness (QED) is 0.846. The summed E-state index contributed by atoms with van der Waals surface area (Å²) in [5, 5.41) is 1.39. The molecule has 104 valence electrons. The van der Waals surface area contributed by atoms with Crippen molar-refractivity contribution in [3.63, 3.8) is 0 Å². The number of carbonyl (C=O) groups is 1. The Bertz CT molecular complexity index is 637. The Hall–Kier alpha value is -2.37. The Morgan fingerprint density at radius 3 is 3.30 bits per heavy atom. The number of nitrogens with one attached hydrogen (secondary N) is 1. The third-order valence-corrected chi connectivity index (χ3v) is 3.50. The van der Waals surface area contributed by atoms with E-state index >= 15 is 0 Å². The molecule has 2 aromatic rings. The van der Waals surface area contributed by atoms with Gasteiger partial charge in [0.1, 0.15) is 0 Å². The predicted octanol–water partition coefficient (Wildman–Crippen LogP) is 2.07. The summed E-state index contributed by atoms with van der Waals surface area (Å²) < 4.78 is 0. The van der Waals surface area contributed by atoms with Crippen molar-refractivity contribution in [2.75, 3.05) is 6.54 Å². The number of hydrogen-bond acceptors (Lipinski definition) is 4. The highest BCUT2D eigenvalue weighted by Gasteiger charge is 2.33. The molecule has 2 aromatic heterocycles. The molecule has 1 atom stereocenters. The fourth-order valence-corrected chi connectivity index (χ4v) is 2.40. The van der Waals surface area contributed by atoms with Crippen molar-refractivity contribution in [2.24, 2.45) is 5.92 Å². The first-order valence-corrected chi connectivity index (χ1v) is 6.68. The number of H-pyrrole nitrogens is 1. The van der Waals surface area contributed by atoms with Crippen LogP contribution in [0.2, 0.25) is 0 Å². The monoisotopic (exact) mass is 272 g/mol. The molecule has 20 heavy (non-hydrogen) atoms. The summed E-state index contributed by atoms with van der Waals surface area (Å²) in [7, 11) is 0. The fourth-order valence-electron chi connectivity index (χ4n) is 2.40. The first kappa shape index (κ1) is 12.7. The minimum Gasteiger partial charge on any atom is -0.354 e. The highest BCUT2D eigenvalue weighted by Crippen LogP contribution is 2.26. The van der Waals surface area contributed by atoms with Crippen LogP contribution in [0.1, 0.15) is 19.3 Å². The van der Waals surface area contributed by atoms with E-state index in [1.165, 1.54) is 5.06 Å². The van der Waals surface area contributed by atoms with Gasteiger partial charge < -0.3 is 9.82 Å². The Morgan fingerprint density at radius 2 is 2.45 bits per heavy atom. The molecule has 6 heteroatoms. The molecule has 0 aliphatic carbocycles. The van der Waals surface area contributed by atoms with Crippen LogP contribution >= 0.6 is 0 Å². The summed E-state index contributed by atoms with van der Waals surface area (Å²) >= 11 is 0. The number of aromatic nitrogens is 3. The second-order valence-electron chi connectivity index (χ2n) is 4.80. The molecule has 3 heterocycles. The molecule has 6 nitrogen and oxygen atoms in total. The van der Waals surface area contributed by atoms with Gasteiger partial charge in [0.2, 0.25) is 0 Å². The Labute approximate surface area is 116 Å². The van der Waals surface area contributed by atoms with E-state index in [0.29, 0.717) is 17.9 Å². The van der Waals surface area contributed by atoms with Crippen LogP contribution in [-0.2, 0) is 4.79 Å². The molecule has 1 N–H and O–H groups in total. The van der Waals surface area contributed by atoms with Crippen LogP contribution in [0.3, 0.4) is 0 Å². The second-order valence-corrected chi connectivity index (χ2v) is 4.80. The number of rotatable bonds is 5. The largest absolute Gasteiger partial charge is 0.354 e. The lowest BCUT2D eigenvalue weighted by atomic mass is 10.0. The van der Waals surface area contributed by atoms with E-state index in [9.17, 15) is 4.79 Å². The van der Waals surface area contributed by atoms with Crippen molar-refractivity contribution >= 4 is 16.9 Å². The van der Waals surface area contributed by atoms with Crippen LogP contribution in [0, 0.1) is 5.92 Å². The Morgan fingerprint density at radius 1 is 1.55 bits per heavy atom. The average molecular weight is 272 g/mol. The van der Waals surface area contributed by atoms with E-state index in [1.54, 1.807) is 12.5 Å². The van der Waals surface area contributed by atoms with Gasteiger partial charge in [0, 0.05) is 12.1 Å². The number of carbonyl (C=O) groups excluding carboxylic acids is 1. The number of nitrogens with zero attached hydrogens (tertiary/aromatic N) is 3. The second kappa shape index (κ2) is 5.32. The summed E-state index contributed by atoms with van der Waals surface area (Å²) in [4.78, 5) is 29.1. The van der Waals surface area contributed by atoms with Gasteiger partial charge in [-0.1, -0.05) is 6.08 Å². The van der Waals surface area contributed by atoms with Gasteiger partial charge >= 0.3 is 0 Å². The normalized spacial score (nSPS) is 18.7. The van der Waals surface area contributed by atoms with E-state index in [2.05, 4.69) is 21.5 Å². The molecule has 1 saturated heterocycles. The van der Waals surface area contributed by atoms with E-state index in [-0.39, 0.29) is 11.8 Å². The first-order valence-electron chi connectivity index (χ1n) is 6.68. The van der Waals surface area contributed by atoms with Crippen LogP contribution in [0.4, 0.5) is 0 Å². The van der Waals surface area contributed by atoms with Crippen LogP contribution in [0.15, 0.2) is 31.2 Å². The van der Waals surface area contributed by atoms with Crippen LogP contribution in [-0.4, -0.2) is 32.5 Å². The number of allylic oxidation sites excluding steroid dienone is 1. The molecule has 0 radical (unpaired) electrons. The number of aromatic amines is 1. The van der Waals surface area contributed by atoms with Crippen LogP contribution < -0.4 is 4.84 Å². The van der Waals surface area contributed by atoms with Gasteiger partial charge in [-0.15, -0.1) is 6.58 Å². The maximum atomic E-state index is 12.2. The first-order chi connectivity index (χ1) is 9.79. The number of imidazole rings is 1. The summed E-state index contributed by atoms with van der Waals surface area (Å²) in [6, 6.07) is 1.81. The summed E-state index contributed by atoms with van der Waals surface area (Å²) in [5.41, 5.74) is 1.47. The lowest BCUT2D eigenvalue weighted by Gasteiger charge is -2.16. The van der Waals surface area contributed by atoms with Crippen molar-refractivity contribution in [3.8, 4) is 5.88 Å². The van der Waals surface area contributed by atoms with E-state index in [0.717, 1.165) is 24.8 Å². The van der Waals surface area contributed by atoms with Gasteiger partial charge in [-0.3, -0.25) is 4.79 Å². The summed E-state index contributed by atoms with van der Waals surface area (Å²) in [5.74, 6) is 0.397. The zero-order valence-corrected chi connectivity index (χ0v) is 11.1. The van der Waals surface area contributed by atoms with Gasteiger partial charge in [0.15, 0.2) is 5.52 Å². The summed E-state index contributed by atoms with van der Waals surface area (Å²) in [6.45, 7) is 4.27. The van der Waals surface area contributed by atoms with Gasteiger partial charge in [-0.05, 0) is 25.3 Å². The maximum Gasteiger partial charge on any atom is 0.274 e. The van der Waals surface area contributed by atoms with E-state index in [4.69, 9.17) is 4.84 Å². The highest BCUT2D eigenvalue weighted by molar-refractivity contribution is 5.81. The van der Waals surface area contributed by atoms with Crippen molar-refractivity contribution in [3.05, 3.63) is 31.2 Å². The predicted molar refractivity (Wildman–Crippen MR) is 73.8 cm³/mol. The zero-order chi connectivity index (χ0) is 13.9. The SMILES string of the molecule is C=CCCC1CCN(Oc2nccc3[nH]cnc23)C1=O. The smallest absolute Gasteiger partial charge is 0.274 e. The number of hydrogen-bond donors (Lipinski definition) is 1. The third-order valence-electron chi connectivity index (χ3n) is 3.50. The van der Waals surface area contributed by atoms with Crippen molar-refractivity contribution in [1.82, 2.24) is 20.0 Å². The molecule has 0 bridgehead atoms. The topological polar surface area (TPSA) is 71.1 Å². The van der Waals surface area contributed by atoms with Crippen molar-refractivity contribution in [2.45, 2.75) is 19.3 Å². The van der Waals surface area contributed by atoms with Crippen LogP contribution in [0.5, 0.6) is 5.88 Å². The van der Waals surface area contributed by atoms with Gasteiger partial charge in [-0.2, -0.15) is 5.06 Å². The number of fused-ring (bicyclic) bond motifs is 1. The fraction of sp³-hybridized carbons (Fsp3) is 0.357. The lowest BCUT2D eigenvalue weighted by Crippen LogP contribution is -2.31. The molecule has 1 aliphatic heterocycles. The van der Waals surface area contributed by atoms with Crippen molar-refractivity contribution < 1.29 is 9.63 Å². The average Bonchev–Trinajstić information content (AvgIpc) is 3.06. The molecule has 0 aromatic carbocycles. The standard InChI is InChI=1S/C14H16N4O2/c1-2-3-4-10-6-8-18(14(10)19)20-13-12-11(5-7-15-13)16-9-17-12/h2,5,7,9-10H,1,3-4,6,8H2,(H,16,17). The van der Waals surface area contributed by atoms with E-state index in [1.807, 2.05) is 12.1 Å². The molecular weight excluding hydrogens is 256 g/mol. The maximum absolute atomic E-state index is 12.2. The van der Waals surface area contributed by atoms with Gasteiger partial charge in [0.05, 0.1) is 18.4 Å². The Kier molecular flexibility index (Phi) is 3.37. The van der Waals surface area contributed by atoms with Crippen molar-refractivity contribution in [1.29, 1.82) is 0 Å². The molecule has 0 saturated carbocycles. The molecule has 1 aliphatic rings. The zero-order valence-electron chi connectivity index (χ0n) is 11.1. The molecule has 3 rings (SSSR count). The number of amides is 1. The molecule has 1 fully saturated rings. The molecular formula is C14H16N4O2. The number of pyridine rings is 1. The molecule has 1 amide bonds. The highest BCUT2D eigenvalue weighted by atomic mass is 16.7.